The Bertz CT molecular complexity index is 934. The average molecular weight is 408 g/mol. The third kappa shape index (κ3) is 4.62. The summed E-state index contributed by atoms with van der Waals surface area (Å²) in [4.78, 5) is 11.7. The van der Waals surface area contributed by atoms with E-state index in [9.17, 15) is 5.11 Å². The van der Waals surface area contributed by atoms with E-state index in [2.05, 4.69) is 29.0 Å². The lowest BCUT2D eigenvalue weighted by Gasteiger charge is -2.20. The summed E-state index contributed by atoms with van der Waals surface area (Å²) in [7, 11) is 1.69. The lowest BCUT2D eigenvalue weighted by molar-refractivity contribution is 0.148. The van der Waals surface area contributed by atoms with Crippen LogP contribution in [0.1, 0.15) is 80.4 Å². The van der Waals surface area contributed by atoms with Crippen LogP contribution in [0.3, 0.4) is 0 Å². The van der Waals surface area contributed by atoms with Gasteiger partial charge in [0.25, 0.3) is 0 Å². The highest BCUT2D eigenvalue weighted by molar-refractivity contribution is 6.11. The number of ether oxygens (including phenoxy) is 1. The Morgan fingerprint density at radius 1 is 1.30 bits per heavy atom. The molecule has 2 atom stereocenters. The summed E-state index contributed by atoms with van der Waals surface area (Å²) in [5.41, 5.74) is 6.40. The third-order valence-electron chi connectivity index (χ3n) is 6.29. The fraction of sp³-hybridized carbons (Fsp3) is 0.480. The molecule has 2 aliphatic rings. The van der Waals surface area contributed by atoms with Crippen molar-refractivity contribution in [2.75, 3.05) is 7.11 Å². The second kappa shape index (κ2) is 9.52. The SMILES string of the molecule is CCC(O)CC1CCCCCCc2cc1c(/C=C1/N=C(c3ccc[nH]3)C=C1OC)[nH]2. The molecule has 3 N–H and O–H groups in total. The third-order valence-corrected chi connectivity index (χ3v) is 6.29. The number of allylic oxidation sites excluding steroid dienone is 1. The highest BCUT2D eigenvalue weighted by atomic mass is 16.5. The van der Waals surface area contributed by atoms with Crippen molar-refractivity contribution in [3.63, 3.8) is 0 Å². The van der Waals surface area contributed by atoms with Crippen LogP contribution in [0, 0.1) is 0 Å². The molecule has 5 nitrogen and oxygen atoms in total. The van der Waals surface area contributed by atoms with Gasteiger partial charge in [0.2, 0.25) is 0 Å². The van der Waals surface area contributed by atoms with Crippen molar-refractivity contribution >= 4 is 11.8 Å². The molecule has 0 saturated carbocycles. The van der Waals surface area contributed by atoms with Crippen LogP contribution in [0.4, 0.5) is 0 Å². The molecule has 0 fully saturated rings. The molecule has 2 aromatic heterocycles. The van der Waals surface area contributed by atoms with E-state index >= 15 is 0 Å². The van der Waals surface area contributed by atoms with Crippen molar-refractivity contribution < 1.29 is 9.84 Å². The molecule has 1 aliphatic carbocycles. The highest BCUT2D eigenvalue weighted by Gasteiger charge is 2.23. The standard InChI is InChI=1S/C25H33N3O2/c1-3-19(29)13-17-9-6-4-5-7-10-18-14-20(17)22(27-18)15-24-25(30-2)16-23(28-24)21-11-8-12-26-21/h8,11-12,14-17,19,26-27,29H,3-7,9-10,13H2,1-2H3/b24-15+. The first-order chi connectivity index (χ1) is 14.7. The first-order valence-corrected chi connectivity index (χ1v) is 11.3. The van der Waals surface area contributed by atoms with Crippen molar-refractivity contribution in [2.24, 2.45) is 4.99 Å². The van der Waals surface area contributed by atoms with Crippen LogP contribution in [-0.4, -0.2) is 34.0 Å². The van der Waals surface area contributed by atoms with Gasteiger partial charge in [-0.2, -0.15) is 0 Å². The van der Waals surface area contributed by atoms with Crippen LogP contribution in [0.5, 0.6) is 0 Å². The van der Waals surface area contributed by atoms with Gasteiger partial charge in [0.1, 0.15) is 11.5 Å². The summed E-state index contributed by atoms with van der Waals surface area (Å²) in [5.74, 6) is 1.13. The second-order valence-corrected chi connectivity index (χ2v) is 8.43. The number of nitrogens with one attached hydrogen (secondary N) is 2. The summed E-state index contributed by atoms with van der Waals surface area (Å²) >= 11 is 0. The number of hydrogen-bond donors (Lipinski definition) is 3. The maximum absolute atomic E-state index is 10.4. The summed E-state index contributed by atoms with van der Waals surface area (Å²) in [6, 6.07) is 6.31. The van der Waals surface area contributed by atoms with Gasteiger partial charge >= 0.3 is 0 Å². The highest BCUT2D eigenvalue weighted by Crippen LogP contribution is 2.35. The number of aliphatic hydroxyl groups is 1. The van der Waals surface area contributed by atoms with Gasteiger partial charge in [0.05, 0.1) is 24.6 Å². The molecule has 5 heteroatoms. The van der Waals surface area contributed by atoms with Crippen LogP contribution < -0.4 is 0 Å². The molecule has 0 amide bonds. The lowest BCUT2D eigenvalue weighted by Crippen LogP contribution is -2.12. The van der Waals surface area contributed by atoms with E-state index < -0.39 is 0 Å². The largest absolute Gasteiger partial charge is 0.494 e. The number of H-pyrrole nitrogens is 2. The van der Waals surface area contributed by atoms with E-state index in [0.29, 0.717) is 5.92 Å². The molecule has 30 heavy (non-hydrogen) atoms. The van der Waals surface area contributed by atoms with Crippen molar-refractivity contribution in [2.45, 2.75) is 70.3 Å². The predicted molar refractivity (Wildman–Crippen MR) is 122 cm³/mol. The Morgan fingerprint density at radius 3 is 2.93 bits per heavy atom. The quantitative estimate of drug-likeness (QED) is 0.594. The van der Waals surface area contributed by atoms with Crippen molar-refractivity contribution in [3.8, 4) is 0 Å². The Morgan fingerprint density at radius 2 is 2.17 bits per heavy atom. The number of hydrogen-bond acceptors (Lipinski definition) is 3. The minimum atomic E-state index is -0.254. The zero-order valence-electron chi connectivity index (χ0n) is 18.1. The van der Waals surface area contributed by atoms with Crippen LogP contribution in [0.2, 0.25) is 0 Å². The molecule has 0 radical (unpaired) electrons. The van der Waals surface area contributed by atoms with Gasteiger partial charge in [-0.15, -0.1) is 0 Å². The Balaban J connectivity index is 1.71. The van der Waals surface area contributed by atoms with E-state index in [1.165, 1.54) is 36.9 Å². The number of aliphatic hydroxyl groups excluding tert-OH is 1. The second-order valence-electron chi connectivity index (χ2n) is 8.43. The van der Waals surface area contributed by atoms with Crippen LogP contribution in [0.15, 0.2) is 46.9 Å². The molecule has 2 bridgehead atoms. The molecule has 3 heterocycles. The molecule has 0 spiro atoms. The summed E-state index contributed by atoms with van der Waals surface area (Å²) in [5, 5.41) is 10.4. The first kappa shape index (κ1) is 20.7. The fourth-order valence-corrected chi connectivity index (χ4v) is 4.54. The Kier molecular flexibility index (Phi) is 6.58. The van der Waals surface area contributed by atoms with Crippen molar-refractivity contribution in [1.29, 1.82) is 0 Å². The predicted octanol–water partition coefficient (Wildman–Crippen LogP) is 5.47. The van der Waals surface area contributed by atoms with Gasteiger partial charge in [-0.1, -0.05) is 26.2 Å². The van der Waals surface area contributed by atoms with E-state index in [1.807, 2.05) is 24.4 Å². The summed E-state index contributed by atoms with van der Waals surface area (Å²) < 4.78 is 5.63. The minimum absolute atomic E-state index is 0.254. The zero-order valence-corrected chi connectivity index (χ0v) is 18.1. The van der Waals surface area contributed by atoms with E-state index in [-0.39, 0.29) is 6.10 Å². The van der Waals surface area contributed by atoms with Gasteiger partial charge in [0.15, 0.2) is 0 Å². The van der Waals surface area contributed by atoms with Gasteiger partial charge in [-0.25, -0.2) is 4.99 Å². The number of aliphatic imine (C=N–C) groups is 1. The van der Waals surface area contributed by atoms with Gasteiger partial charge in [0, 0.05) is 23.7 Å². The number of rotatable bonds is 6. The van der Waals surface area contributed by atoms with Crippen LogP contribution >= 0.6 is 0 Å². The fourth-order valence-electron chi connectivity index (χ4n) is 4.54. The molecule has 0 aromatic carbocycles. The minimum Gasteiger partial charge on any atom is -0.494 e. The number of nitrogens with zero attached hydrogens (tertiary/aromatic N) is 1. The molecule has 0 saturated heterocycles. The molecule has 1 aliphatic heterocycles. The van der Waals surface area contributed by atoms with Crippen LogP contribution in [0.25, 0.3) is 6.08 Å². The molecule has 2 aromatic rings. The lowest BCUT2D eigenvalue weighted by atomic mass is 9.86. The first-order valence-electron chi connectivity index (χ1n) is 11.3. The average Bonchev–Trinajstić information content (AvgIpc) is 3.49. The number of fused-ring (bicyclic) bond motifs is 2. The number of aromatic amines is 2. The maximum Gasteiger partial charge on any atom is 0.146 e. The van der Waals surface area contributed by atoms with Gasteiger partial charge in [-0.3, -0.25) is 0 Å². The normalized spacial score (nSPS) is 22.0. The number of aryl methyl sites for hydroxylation is 1. The monoisotopic (exact) mass is 407 g/mol. The topological polar surface area (TPSA) is 73.4 Å². The Labute approximate surface area is 179 Å². The van der Waals surface area contributed by atoms with E-state index in [1.54, 1.807) is 7.11 Å². The summed E-state index contributed by atoms with van der Waals surface area (Å²) in [6.07, 6.45) is 14.5. The molecule has 2 unspecified atom stereocenters. The van der Waals surface area contributed by atoms with Crippen molar-refractivity contribution in [1.82, 2.24) is 9.97 Å². The van der Waals surface area contributed by atoms with Crippen molar-refractivity contribution in [3.05, 3.63) is 64.6 Å². The Hall–Kier alpha value is -2.53. The van der Waals surface area contributed by atoms with E-state index in [0.717, 1.165) is 54.2 Å². The maximum atomic E-state index is 10.4. The van der Waals surface area contributed by atoms with E-state index in [4.69, 9.17) is 9.73 Å². The molecule has 4 rings (SSSR count). The smallest absolute Gasteiger partial charge is 0.146 e. The molecular weight excluding hydrogens is 374 g/mol. The van der Waals surface area contributed by atoms with Crippen LogP contribution in [-0.2, 0) is 11.2 Å². The number of methoxy groups -OCH3 is 1. The number of aromatic nitrogens is 2. The van der Waals surface area contributed by atoms with Gasteiger partial charge < -0.3 is 19.8 Å². The summed E-state index contributed by atoms with van der Waals surface area (Å²) in [6.45, 7) is 2.06. The molecule has 160 valence electrons. The zero-order chi connectivity index (χ0) is 20.9. The van der Waals surface area contributed by atoms with Gasteiger partial charge in [-0.05, 0) is 67.9 Å². The molecular formula is C25H33N3O2.